The molecule has 3 heterocycles. The topological polar surface area (TPSA) is 125 Å². The molecule has 2 aromatic carbocycles. The lowest BCUT2D eigenvalue weighted by Crippen LogP contribution is -2.44. The Morgan fingerprint density at radius 3 is 2.55 bits per heavy atom. The Kier molecular flexibility index (Phi) is 7.03. The smallest absolute Gasteiger partial charge is 0.373 e. The molecule has 1 saturated heterocycles. The summed E-state index contributed by atoms with van der Waals surface area (Å²) in [6, 6.07) is 9.96. The van der Waals surface area contributed by atoms with Crippen LogP contribution in [0.2, 0.25) is 0 Å². The minimum Gasteiger partial charge on any atom is -0.373 e. The number of hydrogen-bond acceptors (Lipinski definition) is 8. The lowest BCUT2D eigenvalue weighted by Gasteiger charge is -2.33. The van der Waals surface area contributed by atoms with E-state index in [1.807, 2.05) is 6.92 Å². The number of β-lactam (4-membered cyclic amide) rings is 1. The molecule has 0 spiro atoms. The Bertz CT molecular complexity index is 1610. The van der Waals surface area contributed by atoms with Crippen molar-refractivity contribution >= 4 is 40.5 Å². The number of nitrogens with zero attached hydrogens (tertiary/aromatic N) is 5. The second kappa shape index (κ2) is 10.6. The number of aromatic nitrogens is 4. The van der Waals surface area contributed by atoms with Crippen LogP contribution in [-0.4, -0.2) is 45.3 Å². The van der Waals surface area contributed by atoms with Crippen molar-refractivity contribution in [3.63, 3.8) is 0 Å². The Morgan fingerprint density at radius 1 is 1.02 bits per heavy atom. The number of carbonyl (C=O) groups is 2. The molecule has 0 unspecified atom stereocenters. The third kappa shape index (κ3) is 5.39. The van der Waals surface area contributed by atoms with Crippen molar-refractivity contribution in [2.75, 3.05) is 34.4 Å². The Labute approximate surface area is 226 Å². The largest absolute Gasteiger partial charge is 0.418 e. The molecule has 204 valence electrons. The van der Waals surface area contributed by atoms with Crippen LogP contribution in [0.1, 0.15) is 27.9 Å². The van der Waals surface area contributed by atoms with E-state index in [0.717, 1.165) is 16.5 Å². The normalized spacial score (nSPS) is 13.0. The molecule has 5 rings (SSSR count). The van der Waals surface area contributed by atoms with Crippen LogP contribution < -0.4 is 20.9 Å². The summed E-state index contributed by atoms with van der Waals surface area (Å²) in [6.45, 7) is 2.05. The van der Waals surface area contributed by atoms with Gasteiger partial charge < -0.3 is 20.9 Å². The van der Waals surface area contributed by atoms with Gasteiger partial charge in [0.15, 0.2) is 0 Å². The molecule has 1 aliphatic heterocycles. The van der Waals surface area contributed by atoms with E-state index in [1.54, 1.807) is 37.5 Å². The number of carbonyl (C=O) groups excluding carboxylic acids is 2. The zero-order chi connectivity index (χ0) is 28.4. The van der Waals surface area contributed by atoms with Gasteiger partial charge in [-0.05, 0) is 42.8 Å². The zero-order valence-corrected chi connectivity index (χ0v) is 21.4. The Morgan fingerprint density at radius 2 is 1.85 bits per heavy atom. The van der Waals surface area contributed by atoms with E-state index in [-0.39, 0.29) is 35.8 Å². The molecule has 4 aromatic rings. The summed E-state index contributed by atoms with van der Waals surface area (Å²) in [5.41, 5.74) is 1.45. The maximum atomic E-state index is 13.8. The van der Waals surface area contributed by atoms with Crippen molar-refractivity contribution in [1.82, 2.24) is 19.9 Å². The zero-order valence-electron chi connectivity index (χ0n) is 21.4. The van der Waals surface area contributed by atoms with Crippen LogP contribution in [0.5, 0.6) is 0 Å². The second-order valence-corrected chi connectivity index (χ2v) is 8.96. The summed E-state index contributed by atoms with van der Waals surface area (Å²) in [6.07, 6.45) is -0.135. The fraction of sp³-hybridized carbons (Fsp3) is 0.185. The van der Waals surface area contributed by atoms with Crippen LogP contribution in [0.25, 0.3) is 11.3 Å². The molecule has 0 radical (unpaired) electrons. The van der Waals surface area contributed by atoms with E-state index in [0.29, 0.717) is 28.6 Å². The standard InChI is InChI=1S/C27H23F3N8O2/c1-15-3-4-16(9-20(15)37-25-18(12-32-13-35-25)21-11-23(31-2)34-14-33-21)26(40)36-17-5-6-22(38-8-7-24(38)39)19(10-17)27(28,29)30/h3-6,9-14H,7-8H2,1-2H3,(H,36,40)(H,31,33,34)(H,32,35,37). The maximum Gasteiger partial charge on any atom is 0.418 e. The number of aryl methyl sites for hydroxylation is 1. The first-order valence-corrected chi connectivity index (χ1v) is 12.1. The highest BCUT2D eigenvalue weighted by Crippen LogP contribution is 2.40. The fourth-order valence-electron chi connectivity index (χ4n) is 4.13. The van der Waals surface area contributed by atoms with E-state index < -0.39 is 17.6 Å². The molecular formula is C27H23F3N8O2. The molecule has 0 saturated carbocycles. The van der Waals surface area contributed by atoms with Gasteiger partial charge in [0.05, 0.1) is 22.5 Å². The van der Waals surface area contributed by atoms with Gasteiger partial charge in [-0.1, -0.05) is 6.07 Å². The summed E-state index contributed by atoms with van der Waals surface area (Å²) in [5, 5.41) is 8.68. The first kappa shape index (κ1) is 26.5. The summed E-state index contributed by atoms with van der Waals surface area (Å²) >= 11 is 0. The molecule has 0 aliphatic carbocycles. The van der Waals surface area contributed by atoms with Crippen LogP contribution in [-0.2, 0) is 11.0 Å². The van der Waals surface area contributed by atoms with E-state index >= 15 is 0 Å². The predicted octanol–water partition coefficient (Wildman–Crippen LogP) is 5.04. The molecule has 0 bridgehead atoms. The van der Waals surface area contributed by atoms with Gasteiger partial charge in [0.1, 0.15) is 24.3 Å². The monoisotopic (exact) mass is 548 g/mol. The molecule has 0 atom stereocenters. The molecule has 1 aliphatic rings. The number of halogens is 3. The highest BCUT2D eigenvalue weighted by Gasteiger charge is 2.38. The van der Waals surface area contributed by atoms with Crippen LogP contribution >= 0.6 is 0 Å². The van der Waals surface area contributed by atoms with E-state index in [2.05, 4.69) is 35.9 Å². The first-order valence-electron chi connectivity index (χ1n) is 12.1. The number of amides is 2. The van der Waals surface area contributed by atoms with Gasteiger partial charge in [-0.3, -0.25) is 9.59 Å². The van der Waals surface area contributed by atoms with Gasteiger partial charge in [-0.15, -0.1) is 0 Å². The van der Waals surface area contributed by atoms with Crippen molar-refractivity contribution in [3.8, 4) is 11.3 Å². The van der Waals surface area contributed by atoms with Crippen LogP contribution in [0.3, 0.4) is 0 Å². The second-order valence-electron chi connectivity index (χ2n) is 8.96. The number of benzene rings is 2. The van der Waals surface area contributed by atoms with E-state index in [1.165, 1.54) is 24.8 Å². The highest BCUT2D eigenvalue weighted by atomic mass is 19.4. The number of anilines is 5. The van der Waals surface area contributed by atoms with Gasteiger partial charge >= 0.3 is 6.18 Å². The molecule has 1 fully saturated rings. The van der Waals surface area contributed by atoms with Gasteiger partial charge in [-0.2, -0.15) is 13.2 Å². The SMILES string of the molecule is CNc1cc(-c2cncnc2Nc2cc(C(=O)Nc3ccc(N4CCC4=O)c(C(F)(F)F)c3)ccc2C)ncn1. The molecule has 3 N–H and O–H groups in total. The minimum absolute atomic E-state index is 0.0497. The number of rotatable bonds is 7. The quantitative estimate of drug-likeness (QED) is 0.275. The van der Waals surface area contributed by atoms with Crippen LogP contribution in [0.15, 0.2) is 61.3 Å². The summed E-state index contributed by atoms with van der Waals surface area (Å²) < 4.78 is 41.3. The van der Waals surface area contributed by atoms with E-state index in [4.69, 9.17) is 0 Å². The maximum absolute atomic E-state index is 13.8. The van der Waals surface area contributed by atoms with Crippen LogP contribution in [0.4, 0.5) is 41.9 Å². The number of hydrogen-bond donors (Lipinski definition) is 3. The van der Waals surface area contributed by atoms with E-state index in [9.17, 15) is 22.8 Å². The van der Waals surface area contributed by atoms with Crippen molar-refractivity contribution in [2.24, 2.45) is 0 Å². The first-order chi connectivity index (χ1) is 19.1. The molecule has 2 amide bonds. The Balaban J connectivity index is 1.40. The molecule has 40 heavy (non-hydrogen) atoms. The molecule has 13 heteroatoms. The number of alkyl halides is 3. The Hall–Kier alpha value is -5.07. The average Bonchev–Trinajstić information content (AvgIpc) is 2.94. The van der Waals surface area contributed by atoms with Crippen molar-refractivity contribution < 1.29 is 22.8 Å². The van der Waals surface area contributed by atoms with Crippen molar-refractivity contribution in [3.05, 3.63) is 78.0 Å². The van der Waals surface area contributed by atoms with Crippen LogP contribution in [0, 0.1) is 6.92 Å². The number of nitrogens with one attached hydrogen (secondary N) is 3. The fourth-order valence-corrected chi connectivity index (χ4v) is 4.13. The molecule has 2 aromatic heterocycles. The minimum atomic E-state index is -4.71. The van der Waals surface area contributed by atoms with Crippen molar-refractivity contribution in [2.45, 2.75) is 19.5 Å². The molecule has 10 nitrogen and oxygen atoms in total. The summed E-state index contributed by atoms with van der Waals surface area (Å²) in [7, 11) is 1.73. The highest BCUT2D eigenvalue weighted by molar-refractivity contribution is 6.05. The van der Waals surface area contributed by atoms with Gasteiger partial charge in [0.2, 0.25) is 5.91 Å². The third-order valence-corrected chi connectivity index (χ3v) is 6.37. The van der Waals surface area contributed by atoms with Crippen molar-refractivity contribution in [1.29, 1.82) is 0 Å². The third-order valence-electron chi connectivity index (χ3n) is 6.37. The molecular weight excluding hydrogens is 525 g/mol. The predicted molar refractivity (Wildman–Crippen MR) is 143 cm³/mol. The summed E-state index contributed by atoms with van der Waals surface area (Å²) in [4.78, 5) is 42.7. The summed E-state index contributed by atoms with van der Waals surface area (Å²) in [5.74, 6) is 0.0486. The van der Waals surface area contributed by atoms with Gasteiger partial charge in [-0.25, -0.2) is 19.9 Å². The van der Waals surface area contributed by atoms with Gasteiger partial charge in [0.25, 0.3) is 5.91 Å². The average molecular weight is 549 g/mol. The lowest BCUT2D eigenvalue weighted by molar-refractivity contribution is -0.137. The lowest BCUT2D eigenvalue weighted by atomic mass is 10.1. The van der Waals surface area contributed by atoms with Gasteiger partial charge in [0, 0.05) is 49.2 Å².